The van der Waals surface area contributed by atoms with Gasteiger partial charge < -0.3 is 10.6 Å². The molecule has 3 heterocycles. The van der Waals surface area contributed by atoms with Gasteiger partial charge in [-0.05, 0) is 19.8 Å². The predicted octanol–water partition coefficient (Wildman–Crippen LogP) is 0.961. The summed E-state index contributed by atoms with van der Waals surface area (Å²) >= 11 is 0. The lowest BCUT2D eigenvalue weighted by Crippen LogP contribution is -2.53. The van der Waals surface area contributed by atoms with Gasteiger partial charge >= 0.3 is 0 Å². The van der Waals surface area contributed by atoms with Gasteiger partial charge in [-0.15, -0.1) is 0 Å². The van der Waals surface area contributed by atoms with E-state index in [-0.39, 0.29) is 12.1 Å². The van der Waals surface area contributed by atoms with Crippen molar-refractivity contribution in [2.45, 2.75) is 32.4 Å². The molecule has 1 aromatic heterocycles. The SMILES string of the molecule is Cc1ncc2c(n1)NC(N1CCCCC1)C(=O)N2. The standard InChI is InChI=1S/C12H17N5O/c1-8-13-7-9-10(14-8)16-11(12(18)15-9)17-5-3-2-4-6-17/h7,11H,2-6H2,1H3,(H,15,18)(H,13,14,16). The van der Waals surface area contributed by atoms with Crippen molar-refractivity contribution < 1.29 is 4.79 Å². The van der Waals surface area contributed by atoms with Crippen LogP contribution in [0.25, 0.3) is 0 Å². The minimum atomic E-state index is -0.299. The molecule has 6 heteroatoms. The second kappa shape index (κ2) is 4.53. The molecule has 0 bridgehead atoms. The highest BCUT2D eigenvalue weighted by atomic mass is 16.2. The van der Waals surface area contributed by atoms with Gasteiger partial charge in [0.1, 0.15) is 11.5 Å². The number of anilines is 2. The van der Waals surface area contributed by atoms with E-state index in [4.69, 9.17) is 0 Å². The molecule has 1 saturated heterocycles. The normalized spacial score (nSPS) is 24.1. The Bertz CT molecular complexity index is 470. The zero-order valence-corrected chi connectivity index (χ0v) is 10.4. The van der Waals surface area contributed by atoms with Crippen molar-refractivity contribution in [2.24, 2.45) is 0 Å². The van der Waals surface area contributed by atoms with Crippen LogP contribution >= 0.6 is 0 Å². The lowest BCUT2D eigenvalue weighted by Gasteiger charge is -2.36. The van der Waals surface area contributed by atoms with Gasteiger partial charge in [0.2, 0.25) is 0 Å². The van der Waals surface area contributed by atoms with Crippen molar-refractivity contribution in [3.63, 3.8) is 0 Å². The van der Waals surface area contributed by atoms with Crippen LogP contribution in [0.15, 0.2) is 6.20 Å². The van der Waals surface area contributed by atoms with Crippen LogP contribution in [0.2, 0.25) is 0 Å². The molecule has 6 nitrogen and oxygen atoms in total. The first-order valence-corrected chi connectivity index (χ1v) is 6.39. The van der Waals surface area contributed by atoms with Gasteiger partial charge in [0.25, 0.3) is 5.91 Å². The summed E-state index contributed by atoms with van der Waals surface area (Å²) in [5.41, 5.74) is 0.666. The fourth-order valence-corrected chi connectivity index (χ4v) is 2.50. The molecule has 2 N–H and O–H groups in total. The van der Waals surface area contributed by atoms with E-state index < -0.39 is 0 Å². The lowest BCUT2D eigenvalue weighted by atomic mass is 10.1. The number of likely N-dealkylation sites (tertiary alicyclic amines) is 1. The van der Waals surface area contributed by atoms with Crippen LogP contribution in [0.5, 0.6) is 0 Å². The summed E-state index contributed by atoms with van der Waals surface area (Å²) in [5, 5.41) is 6.09. The molecule has 1 aromatic rings. The van der Waals surface area contributed by atoms with E-state index in [1.165, 1.54) is 6.42 Å². The second-order valence-electron chi connectivity index (χ2n) is 4.81. The Hall–Kier alpha value is -1.69. The summed E-state index contributed by atoms with van der Waals surface area (Å²) in [6.45, 7) is 3.77. The molecule has 1 unspecified atom stereocenters. The van der Waals surface area contributed by atoms with E-state index in [2.05, 4.69) is 25.5 Å². The van der Waals surface area contributed by atoms with Gasteiger partial charge in [-0.25, -0.2) is 9.97 Å². The quantitative estimate of drug-likeness (QED) is 0.773. The highest BCUT2D eigenvalue weighted by molar-refractivity contribution is 6.01. The number of hydrogen-bond acceptors (Lipinski definition) is 5. The fraction of sp³-hybridized carbons (Fsp3) is 0.583. The molecule has 1 fully saturated rings. The highest BCUT2D eigenvalue weighted by Crippen LogP contribution is 2.25. The van der Waals surface area contributed by atoms with E-state index >= 15 is 0 Å². The van der Waals surface area contributed by atoms with Crippen molar-refractivity contribution in [1.82, 2.24) is 14.9 Å². The number of carbonyl (C=O) groups excluding carboxylic acids is 1. The van der Waals surface area contributed by atoms with E-state index in [1.54, 1.807) is 6.20 Å². The molecular formula is C12H17N5O. The molecule has 0 saturated carbocycles. The van der Waals surface area contributed by atoms with E-state index in [9.17, 15) is 4.79 Å². The first-order valence-electron chi connectivity index (χ1n) is 6.39. The van der Waals surface area contributed by atoms with E-state index in [1.807, 2.05) is 6.92 Å². The number of piperidine rings is 1. The van der Waals surface area contributed by atoms with Crippen molar-refractivity contribution >= 4 is 17.4 Å². The number of aryl methyl sites for hydroxylation is 1. The fourth-order valence-electron chi connectivity index (χ4n) is 2.50. The maximum absolute atomic E-state index is 12.1. The minimum Gasteiger partial charge on any atom is -0.345 e. The zero-order valence-electron chi connectivity index (χ0n) is 10.4. The number of hydrogen-bond donors (Lipinski definition) is 2. The molecule has 96 valence electrons. The van der Waals surface area contributed by atoms with E-state index in [0.29, 0.717) is 11.5 Å². The molecule has 0 radical (unpaired) electrons. The topological polar surface area (TPSA) is 70.2 Å². The Balaban J connectivity index is 1.83. The summed E-state index contributed by atoms with van der Waals surface area (Å²) in [6.07, 6.45) is 4.91. The third-order valence-corrected chi connectivity index (χ3v) is 3.44. The maximum Gasteiger partial charge on any atom is 0.262 e. The van der Waals surface area contributed by atoms with Gasteiger partial charge in [0, 0.05) is 13.1 Å². The molecule has 2 aliphatic rings. The number of carbonyl (C=O) groups is 1. The Labute approximate surface area is 106 Å². The molecule has 18 heavy (non-hydrogen) atoms. The Kier molecular flexibility index (Phi) is 2.87. The Morgan fingerprint density at radius 3 is 2.89 bits per heavy atom. The third kappa shape index (κ3) is 2.03. The average molecular weight is 247 g/mol. The second-order valence-corrected chi connectivity index (χ2v) is 4.81. The van der Waals surface area contributed by atoms with Gasteiger partial charge in [-0.1, -0.05) is 6.42 Å². The third-order valence-electron chi connectivity index (χ3n) is 3.44. The lowest BCUT2D eigenvalue weighted by molar-refractivity contribution is -0.121. The number of aromatic nitrogens is 2. The van der Waals surface area contributed by atoms with Crippen LogP contribution in [-0.4, -0.2) is 40.0 Å². The summed E-state index contributed by atoms with van der Waals surface area (Å²) in [5.74, 6) is 1.41. The van der Waals surface area contributed by atoms with Crippen molar-refractivity contribution in [2.75, 3.05) is 23.7 Å². The molecule has 1 atom stereocenters. The summed E-state index contributed by atoms with van der Waals surface area (Å²) < 4.78 is 0. The molecule has 3 rings (SSSR count). The molecule has 0 aliphatic carbocycles. The van der Waals surface area contributed by atoms with Crippen LogP contribution in [0.3, 0.4) is 0 Å². The van der Waals surface area contributed by atoms with Crippen molar-refractivity contribution in [3.8, 4) is 0 Å². The van der Waals surface area contributed by atoms with Gasteiger partial charge in [-0.2, -0.15) is 0 Å². The van der Waals surface area contributed by atoms with Crippen LogP contribution in [-0.2, 0) is 4.79 Å². The summed E-state index contributed by atoms with van der Waals surface area (Å²) in [7, 11) is 0. The molecule has 0 aromatic carbocycles. The number of fused-ring (bicyclic) bond motifs is 1. The van der Waals surface area contributed by atoms with Crippen LogP contribution in [0.4, 0.5) is 11.5 Å². The first-order chi connectivity index (χ1) is 8.74. The largest absolute Gasteiger partial charge is 0.345 e. The number of nitrogens with zero attached hydrogens (tertiary/aromatic N) is 3. The van der Waals surface area contributed by atoms with Crippen LogP contribution in [0.1, 0.15) is 25.1 Å². The van der Waals surface area contributed by atoms with Crippen molar-refractivity contribution in [1.29, 1.82) is 0 Å². The summed E-state index contributed by atoms with van der Waals surface area (Å²) in [4.78, 5) is 22.7. The average Bonchev–Trinajstić information content (AvgIpc) is 2.39. The smallest absolute Gasteiger partial charge is 0.262 e. The molecular weight excluding hydrogens is 230 g/mol. The van der Waals surface area contributed by atoms with E-state index in [0.717, 1.165) is 31.7 Å². The summed E-state index contributed by atoms with van der Waals surface area (Å²) in [6, 6.07) is 0. The van der Waals surface area contributed by atoms with Crippen LogP contribution in [0, 0.1) is 6.92 Å². The zero-order chi connectivity index (χ0) is 12.5. The number of rotatable bonds is 1. The Morgan fingerprint density at radius 1 is 1.33 bits per heavy atom. The number of amides is 1. The Morgan fingerprint density at radius 2 is 2.11 bits per heavy atom. The maximum atomic E-state index is 12.1. The van der Waals surface area contributed by atoms with Crippen LogP contribution < -0.4 is 10.6 Å². The molecule has 0 spiro atoms. The highest BCUT2D eigenvalue weighted by Gasteiger charge is 2.32. The minimum absolute atomic E-state index is 0.0168. The van der Waals surface area contributed by atoms with Gasteiger partial charge in [0.05, 0.1) is 6.20 Å². The van der Waals surface area contributed by atoms with Gasteiger partial charge in [0.15, 0.2) is 12.0 Å². The first kappa shape index (κ1) is 11.4. The number of nitrogens with one attached hydrogen (secondary N) is 2. The predicted molar refractivity (Wildman–Crippen MR) is 68.2 cm³/mol. The molecule has 2 aliphatic heterocycles. The van der Waals surface area contributed by atoms with Gasteiger partial charge in [-0.3, -0.25) is 9.69 Å². The molecule has 1 amide bonds. The monoisotopic (exact) mass is 247 g/mol. The van der Waals surface area contributed by atoms with Crippen molar-refractivity contribution in [3.05, 3.63) is 12.0 Å².